The Morgan fingerprint density at radius 2 is 2.19 bits per heavy atom. The van der Waals surface area contributed by atoms with Gasteiger partial charge in [0.2, 0.25) is 0 Å². The van der Waals surface area contributed by atoms with Crippen LogP contribution in [0.4, 0.5) is 0 Å². The van der Waals surface area contributed by atoms with E-state index in [1.165, 1.54) is 0 Å². The molecule has 1 aromatic carbocycles. The highest BCUT2D eigenvalue weighted by atomic mass is 16.5. The van der Waals surface area contributed by atoms with Crippen molar-refractivity contribution in [3.63, 3.8) is 0 Å². The summed E-state index contributed by atoms with van der Waals surface area (Å²) in [5.41, 5.74) is 2.07. The molecule has 2 aromatic rings. The number of esters is 1. The van der Waals surface area contributed by atoms with Crippen molar-refractivity contribution in [1.82, 2.24) is 9.88 Å². The molecule has 0 bridgehead atoms. The van der Waals surface area contributed by atoms with Crippen LogP contribution >= 0.6 is 0 Å². The molecule has 0 N–H and O–H groups in total. The van der Waals surface area contributed by atoms with Crippen molar-refractivity contribution in [3.05, 3.63) is 54.7 Å². The van der Waals surface area contributed by atoms with E-state index in [0.29, 0.717) is 19.7 Å². The maximum absolute atomic E-state index is 11.7. The summed E-state index contributed by atoms with van der Waals surface area (Å²) in [5, 5.41) is 1.10. The molecule has 0 atom stereocenters. The summed E-state index contributed by atoms with van der Waals surface area (Å²) in [4.78, 5) is 18.1. The number of carbonyl (C=O) groups is 1. The van der Waals surface area contributed by atoms with Crippen LogP contribution in [0.5, 0.6) is 0 Å². The van der Waals surface area contributed by atoms with Gasteiger partial charge in [-0.05, 0) is 18.6 Å². The second-order valence-corrected chi connectivity index (χ2v) is 4.76. The quantitative estimate of drug-likeness (QED) is 0.579. The summed E-state index contributed by atoms with van der Waals surface area (Å²) in [6.45, 7) is 7.48. The highest BCUT2D eigenvalue weighted by molar-refractivity contribution is 5.81. The first-order valence-corrected chi connectivity index (χ1v) is 7.06. The third-order valence-electron chi connectivity index (χ3n) is 3.16. The average molecular weight is 284 g/mol. The smallest absolute Gasteiger partial charge is 0.320 e. The molecule has 110 valence electrons. The van der Waals surface area contributed by atoms with Gasteiger partial charge in [0.25, 0.3) is 0 Å². The van der Waals surface area contributed by atoms with Gasteiger partial charge in [0, 0.05) is 24.7 Å². The van der Waals surface area contributed by atoms with Gasteiger partial charge in [0.05, 0.1) is 18.7 Å². The number of nitrogens with zero attached hydrogens (tertiary/aromatic N) is 2. The first-order valence-electron chi connectivity index (χ1n) is 7.06. The van der Waals surface area contributed by atoms with E-state index in [1.807, 2.05) is 42.2 Å². The molecule has 0 aliphatic heterocycles. The van der Waals surface area contributed by atoms with Gasteiger partial charge < -0.3 is 4.74 Å². The van der Waals surface area contributed by atoms with E-state index in [0.717, 1.165) is 16.5 Å². The Hall–Kier alpha value is -2.20. The second kappa shape index (κ2) is 7.55. The Morgan fingerprint density at radius 3 is 2.95 bits per heavy atom. The van der Waals surface area contributed by atoms with Crippen LogP contribution in [0.1, 0.15) is 12.5 Å². The van der Waals surface area contributed by atoms with E-state index >= 15 is 0 Å². The summed E-state index contributed by atoms with van der Waals surface area (Å²) in [6.07, 6.45) is 3.58. The molecule has 0 unspecified atom stereocenters. The summed E-state index contributed by atoms with van der Waals surface area (Å²) in [7, 11) is 0. The molecule has 0 amide bonds. The normalized spacial score (nSPS) is 10.8. The first kappa shape index (κ1) is 15.2. The Bertz CT molecular complexity index is 620. The van der Waals surface area contributed by atoms with E-state index in [1.54, 1.807) is 12.3 Å². The molecule has 4 heteroatoms. The van der Waals surface area contributed by atoms with Crippen molar-refractivity contribution in [2.75, 3.05) is 19.7 Å². The third kappa shape index (κ3) is 4.13. The highest BCUT2D eigenvalue weighted by Crippen LogP contribution is 2.17. The van der Waals surface area contributed by atoms with Crippen molar-refractivity contribution < 1.29 is 9.53 Å². The minimum absolute atomic E-state index is 0.215. The largest absolute Gasteiger partial charge is 0.465 e. The lowest BCUT2D eigenvalue weighted by Crippen LogP contribution is -2.31. The molecule has 2 rings (SSSR count). The fraction of sp³-hybridized carbons (Fsp3) is 0.294. The van der Waals surface area contributed by atoms with Crippen LogP contribution in [0.25, 0.3) is 10.9 Å². The zero-order valence-corrected chi connectivity index (χ0v) is 12.3. The van der Waals surface area contributed by atoms with Crippen LogP contribution in [0, 0.1) is 0 Å². The van der Waals surface area contributed by atoms with Crippen LogP contribution in [-0.2, 0) is 16.1 Å². The van der Waals surface area contributed by atoms with Crippen LogP contribution < -0.4 is 0 Å². The number of ether oxygens (including phenoxy) is 1. The number of rotatable bonds is 7. The minimum atomic E-state index is -0.215. The highest BCUT2D eigenvalue weighted by Gasteiger charge is 2.12. The molecule has 0 spiro atoms. The number of pyridine rings is 1. The Kier molecular flexibility index (Phi) is 5.46. The van der Waals surface area contributed by atoms with E-state index < -0.39 is 0 Å². The summed E-state index contributed by atoms with van der Waals surface area (Å²) >= 11 is 0. The molecule has 0 saturated heterocycles. The Balaban J connectivity index is 2.18. The standard InChI is InChI=1S/C17H20N2O2/c1-3-11-19(13-16(20)21-4-2)12-15-8-5-7-14-9-6-10-18-17(14)15/h3,5-10H,1,4,11-13H2,2H3. The molecule has 0 aliphatic carbocycles. The van der Waals surface area contributed by atoms with Gasteiger partial charge in [0.15, 0.2) is 0 Å². The number of benzene rings is 1. The van der Waals surface area contributed by atoms with Crippen molar-refractivity contribution in [1.29, 1.82) is 0 Å². The maximum Gasteiger partial charge on any atom is 0.320 e. The monoisotopic (exact) mass is 284 g/mol. The van der Waals surface area contributed by atoms with Gasteiger partial charge in [-0.1, -0.05) is 30.3 Å². The molecule has 0 aliphatic rings. The number of hydrogen-bond donors (Lipinski definition) is 0. The van der Waals surface area contributed by atoms with Crippen molar-refractivity contribution in [3.8, 4) is 0 Å². The Labute approximate surface area is 125 Å². The number of para-hydroxylation sites is 1. The van der Waals surface area contributed by atoms with E-state index in [9.17, 15) is 4.79 Å². The maximum atomic E-state index is 11.7. The van der Waals surface area contributed by atoms with Crippen molar-refractivity contribution in [2.24, 2.45) is 0 Å². The zero-order valence-electron chi connectivity index (χ0n) is 12.3. The lowest BCUT2D eigenvalue weighted by atomic mass is 10.1. The van der Waals surface area contributed by atoms with Crippen molar-refractivity contribution in [2.45, 2.75) is 13.5 Å². The SMILES string of the molecule is C=CCN(CC(=O)OCC)Cc1cccc2cccnc12. The molecule has 0 fully saturated rings. The van der Waals surface area contributed by atoms with Gasteiger partial charge in [-0.2, -0.15) is 0 Å². The number of hydrogen-bond acceptors (Lipinski definition) is 4. The third-order valence-corrected chi connectivity index (χ3v) is 3.16. The van der Waals surface area contributed by atoms with Crippen LogP contribution in [-0.4, -0.2) is 35.5 Å². The van der Waals surface area contributed by atoms with Crippen molar-refractivity contribution >= 4 is 16.9 Å². The molecule has 1 aromatic heterocycles. The Morgan fingerprint density at radius 1 is 1.38 bits per heavy atom. The minimum Gasteiger partial charge on any atom is -0.465 e. The van der Waals surface area contributed by atoms with Gasteiger partial charge in [-0.25, -0.2) is 0 Å². The molecular weight excluding hydrogens is 264 g/mol. The molecular formula is C17H20N2O2. The van der Waals surface area contributed by atoms with E-state index in [-0.39, 0.29) is 12.5 Å². The van der Waals surface area contributed by atoms with Gasteiger partial charge >= 0.3 is 5.97 Å². The molecule has 0 radical (unpaired) electrons. The predicted octanol–water partition coefficient (Wildman–Crippen LogP) is 2.79. The number of aromatic nitrogens is 1. The van der Waals surface area contributed by atoms with Crippen LogP contribution in [0.2, 0.25) is 0 Å². The lowest BCUT2D eigenvalue weighted by molar-refractivity contribution is -0.144. The summed E-state index contributed by atoms with van der Waals surface area (Å²) < 4.78 is 5.01. The second-order valence-electron chi connectivity index (χ2n) is 4.76. The fourth-order valence-corrected chi connectivity index (χ4v) is 2.29. The molecule has 21 heavy (non-hydrogen) atoms. The van der Waals surface area contributed by atoms with Gasteiger partial charge in [0.1, 0.15) is 0 Å². The van der Waals surface area contributed by atoms with Crippen LogP contribution in [0.3, 0.4) is 0 Å². The topological polar surface area (TPSA) is 42.4 Å². The fourth-order valence-electron chi connectivity index (χ4n) is 2.29. The average Bonchev–Trinajstić information content (AvgIpc) is 2.48. The zero-order chi connectivity index (χ0) is 15.1. The number of carbonyl (C=O) groups excluding carboxylic acids is 1. The molecule has 0 saturated carbocycles. The summed E-state index contributed by atoms with van der Waals surface area (Å²) in [5.74, 6) is -0.215. The summed E-state index contributed by atoms with van der Waals surface area (Å²) in [6, 6.07) is 10.0. The molecule has 4 nitrogen and oxygen atoms in total. The van der Waals surface area contributed by atoms with E-state index in [2.05, 4.69) is 11.6 Å². The van der Waals surface area contributed by atoms with Gasteiger partial charge in [-0.15, -0.1) is 6.58 Å². The predicted molar refractivity (Wildman–Crippen MR) is 83.9 cm³/mol. The first-order chi connectivity index (χ1) is 10.2. The van der Waals surface area contributed by atoms with Gasteiger partial charge in [-0.3, -0.25) is 14.7 Å². The molecule has 1 heterocycles. The van der Waals surface area contributed by atoms with E-state index in [4.69, 9.17) is 4.74 Å². The van der Waals surface area contributed by atoms with Crippen LogP contribution in [0.15, 0.2) is 49.2 Å². The lowest BCUT2D eigenvalue weighted by Gasteiger charge is -2.20. The number of fused-ring (bicyclic) bond motifs is 1.